The van der Waals surface area contributed by atoms with Gasteiger partial charge in [0.25, 0.3) is 0 Å². The maximum atomic E-state index is 5.38. The molecule has 8 heteroatoms. The number of methoxy groups -OCH3 is 3. The second-order valence-electron chi connectivity index (χ2n) is 5.00. The third-order valence-electron chi connectivity index (χ3n) is 3.30. The summed E-state index contributed by atoms with van der Waals surface area (Å²) >= 11 is 1.87. The van der Waals surface area contributed by atoms with Gasteiger partial charge in [-0.1, -0.05) is 0 Å². The lowest BCUT2D eigenvalue weighted by Crippen LogP contribution is -2.30. The third kappa shape index (κ3) is 8.26. The molecule has 0 bridgehead atoms. The van der Waals surface area contributed by atoms with Gasteiger partial charge in [0.15, 0.2) is 17.5 Å². The summed E-state index contributed by atoms with van der Waals surface area (Å²) < 4.78 is 16.1. The van der Waals surface area contributed by atoms with Crippen LogP contribution in [0.3, 0.4) is 0 Å². The van der Waals surface area contributed by atoms with Gasteiger partial charge in [-0.05, 0) is 31.8 Å². The number of benzene rings is 1. The fourth-order valence-electron chi connectivity index (χ4n) is 2.15. The van der Waals surface area contributed by atoms with E-state index in [-0.39, 0.29) is 24.0 Å². The predicted molar refractivity (Wildman–Crippen MR) is 119 cm³/mol. The van der Waals surface area contributed by atoms with Crippen molar-refractivity contribution in [3.63, 3.8) is 0 Å². The normalized spacial score (nSPS) is 10.7. The molecular weight excluding hydrogens is 453 g/mol. The minimum atomic E-state index is 0. The van der Waals surface area contributed by atoms with Crippen LogP contribution >= 0.6 is 35.7 Å². The Labute approximate surface area is 172 Å². The lowest BCUT2D eigenvalue weighted by molar-refractivity contribution is 0.324. The number of thioether (sulfide) groups is 1. The lowest BCUT2D eigenvalue weighted by Gasteiger charge is -2.16. The van der Waals surface area contributed by atoms with Crippen molar-refractivity contribution in [2.45, 2.75) is 19.8 Å². The highest BCUT2D eigenvalue weighted by atomic mass is 127. The molecule has 1 rings (SSSR count). The monoisotopic (exact) mass is 483 g/mol. The Morgan fingerprint density at radius 1 is 1.08 bits per heavy atom. The Morgan fingerprint density at radius 2 is 1.72 bits per heavy atom. The molecule has 0 aliphatic heterocycles. The molecule has 6 nitrogen and oxygen atoms in total. The number of rotatable bonds is 10. The van der Waals surface area contributed by atoms with Gasteiger partial charge in [-0.2, -0.15) is 11.8 Å². The van der Waals surface area contributed by atoms with E-state index in [2.05, 4.69) is 21.9 Å². The Kier molecular flexibility index (Phi) is 13.6. The first-order valence-electron chi connectivity index (χ1n) is 8.04. The number of hydrogen-bond donors (Lipinski definition) is 2. The highest BCUT2D eigenvalue weighted by molar-refractivity contribution is 14.0. The standard InChI is InChI=1S/C17H29N3O3S.HI/c1-6-18-17(19-9-7-8-10-24-5)20-13-11-14(21-2)16(23-4)15(12-13)22-3;/h11-12H,6-10H2,1-5H3,(H2,18,19,20);1H. The highest BCUT2D eigenvalue weighted by Crippen LogP contribution is 2.39. The number of anilines is 1. The summed E-state index contributed by atoms with van der Waals surface area (Å²) in [4.78, 5) is 4.61. The van der Waals surface area contributed by atoms with Crippen LogP contribution in [0.25, 0.3) is 0 Å². The first kappa shape index (κ1) is 24.0. The van der Waals surface area contributed by atoms with Crippen molar-refractivity contribution in [3.05, 3.63) is 12.1 Å². The van der Waals surface area contributed by atoms with Crippen LogP contribution in [-0.2, 0) is 0 Å². The summed E-state index contributed by atoms with van der Waals surface area (Å²) in [5.41, 5.74) is 0.827. The van der Waals surface area contributed by atoms with Crippen LogP contribution in [0.1, 0.15) is 19.8 Å². The summed E-state index contributed by atoms with van der Waals surface area (Å²) in [6, 6.07) is 3.73. The molecule has 1 aromatic carbocycles. The van der Waals surface area contributed by atoms with E-state index in [4.69, 9.17) is 14.2 Å². The molecule has 0 aromatic heterocycles. The first-order chi connectivity index (χ1) is 11.7. The average Bonchev–Trinajstić information content (AvgIpc) is 2.60. The highest BCUT2D eigenvalue weighted by Gasteiger charge is 2.13. The van der Waals surface area contributed by atoms with Crippen molar-refractivity contribution in [2.24, 2.45) is 4.99 Å². The molecule has 0 amide bonds. The summed E-state index contributed by atoms with van der Waals surface area (Å²) in [6.07, 6.45) is 4.38. The number of nitrogens with zero attached hydrogens (tertiary/aromatic N) is 1. The molecule has 0 heterocycles. The molecule has 0 unspecified atom stereocenters. The van der Waals surface area contributed by atoms with Gasteiger partial charge in [-0.15, -0.1) is 24.0 Å². The van der Waals surface area contributed by atoms with Crippen LogP contribution in [-0.4, -0.2) is 52.4 Å². The zero-order chi connectivity index (χ0) is 17.8. The van der Waals surface area contributed by atoms with E-state index in [0.717, 1.165) is 31.2 Å². The van der Waals surface area contributed by atoms with Gasteiger partial charge in [0, 0.05) is 30.9 Å². The zero-order valence-electron chi connectivity index (χ0n) is 15.7. The molecule has 144 valence electrons. The van der Waals surface area contributed by atoms with Crippen LogP contribution in [0.5, 0.6) is 17.2 Å². The van der Waals surface area contributed by atoms with Gasteiger partial charge in [-0.25, -0.2) is 0 Å². The molecule has 0 spiro atoms. The number of nitrogens with one attached hydrogen (secondary N) is 2. The fourth-order valence-corrected chi connectivity index (χ4v) is 2.64. The molecule has 0 aliphatic carbocycles. The van der Waals surface area contributed by atoms with Crippen LogP contribution in [0.4, 0.5) is 5.69 Å². The van der Waals surface area contributed by atoms with E-state index in [1.54, 1.807) is 21.3 Å². The van der Waals surface area contributed by atoms with E-state index in [1.807, 2.05) is 30.8 Å². The van der Waals surface area contributed by atoms with Crippen LogP contribution < -0.4 is 24.8 Å². The van der Waals surface area contributed by atoms with Crippen molar-refractivity contribution in [1.29, 1.82) is 0 Å². The Bertz CT molecular complexity index is 505. The van der Waals surface area contributed by atoms with Crippen molar-refractivity contribution in [3.8, 4) is 17.2 Å². The molecule has 0 atom stereocenters. The summed E-state index contributed by atoms with van der Waals surface area (Å²) in [6.45, 7) is 3.63. The minimum absolute atomic E-state index is 0. The molecule has 0 aliphatic rings. The molecule has 0 fully saturated rings. The molecule has 2 N–H and O–H groups in total. The predicted octanol–water partition coefficient (Wildman–Crippen LogP) is 3.85. The SMILES string of the molecule is CCNC(=NCCCCSC)Nc1cc(OC)c(OC)c(OC)c1.I. The van der Waals surface area contributed by atoms with Crippen molar-refractivity contribution in [1.82, 2.24) is 5.32 Å². The van der Waals surface area contributed by atoms with E-state index in [1.165, 1.54) is 12.2 Å². The summed E-state index contributed by atoms with van der Waals surface area (Å²) in [5, 5.41) is 6.54. The molecule has 25 heavy (non-hydrogen) atoms. The topological polar surface area (TPSA) is 64.1 Å². The van der Waals surface area contributed by atoms with E-state index in [0.29, 0.717) is 17.2 Å². The number of ether oxygens (including phenoxy) is 3. The maximum absolute atomic E-state index is 5.38. The molecule has 0 radical (unpaired) electrons. The summed E-state index contributed by atoms with van der Waals surface area (Å²) in [5.74, 6) is 3.71. The molecule has 1 aromatic rings. The minimum Gasteiger partial charge on any atom is -0.493 e. The second kappa shape index (κ2) is 14.2. The Balaban J connectivity index is 0.00000576. The van der Waals surface area contributed by atoms with Gasteiger partial charge in [0.05, 0.1) is 21.3 Å². The summed E-state index contributed by atoms with van der Waals surface area (Å²) in [7, 11) is 4.80. The Hall–Kier alpha value is -1.03. The quantitative estimate of drug-likeness (QED) is 0.228. The van der Waals surface area contributed by atoms with Gasteiger partial charge < -0.3 is 24.8 Å². The maximum Gasteiger partial charge on any atom is 0.203 e. The Morgan fingerprint density at radius 3 is 2.20 bits per heavy atom. The van der Waals surface area contributed by atoms with Gasteiger partial charge in [-0.3, -0.25) is 4.99 Å². The van der Waals surface area contributed by atoms with Crippen LogP contribution in [0, 0.1) is 0 Å². The second-order valence-corrected chi connectivity index (χ2v) is 5.99. The van der Waals surface area contributed by atoms with Gasteiger partial charge in [0.2, 0.25) is 5.75 Å². The van der Waals surface area contributed by atoms with Gasteiger partial charge in [0.1, 0.15) is 0 Å². The lowest BCUT2D eigenvalue weighted by atomic mass is 10.2. The number of hydrogen-bond acceptors (Lipinski definition) is 5. The largest absolute Gasteiger partial charge is 0.493 e. The molecular formula is C17H30IN3O3S. The number of aliphatic imine (C=N–C) groups is 1. The zero-order valence-corrected chi connectivity index (χ0v) is 18.8. The van der Waals surface area contributed by atoms with E-state index in [9.17, 15) is 0 Å². The van der Waals surface area contributed by atoms with Crippen molar-refractivity contribution in [2.75, 3.05) is 51.7 Å². The number of halogens is 1. The smallest absolute Gasteiger partial charge is 0.203 e. The van der Waals surface area contributed by atoms with E-state index >= 15 is 0 Å². The van der Waals surface area contributed by atoms with Crippen LogP contribution in [0.2, 0.25) is 0 Å². The molecule has 0 saturated carbocycles. The first-order valence-corrected chi connectivity index (χ1v) is 9.43. The molecule has 0 saturated heterocycles. The number of unbranched alkanes of at least 4 members (excludes halogenated alkanes) is 1. The van der Waals surface area contributed by atoms with Gasteiger partial charge >= 0.3 is 0 Å². The van der Waals surface area contributed by atoms with Crippen molar-refractivity contribution < 1.29 is 14.2 Å². The number of guanidine groups is 1. The van der Waals surface area contributed by atoms with E-state index < -0.39 is 0 Å². The van der Waals surface area contributed by atoms with Crippen LogP contribution in [0.15, 0.2) is 17.1 Å². The fraction of sp³-hybridized carbons (Fsp3) is 0.588. The van der Waals surface area contributed by atoms with Crippen molar-refractivity contribution >= 4 is 47.4 Å². The average molecular weight is 483 g/mol. The third-order valence-corrected chi connectivity index (χ3v) is 4.00.